The number of hydrogen-bond donors (Lipinski definition) is 3. The molecule has 0 bridgehead atoms. The zero-order valence-corrected chi connectivity index (χ0v) is 12.2. The van der Waals surface area contributed by atoms with Crippen LogP contribution < -0.4 is 15.8 Å². The average molecular weight is 363 g/mol. The van der Waals surface area contributed by atoms with Gasteiger partial charge in [-0.25, -0.2) is 9.18 Å². The van der Waals surface area contributed by atoms with E-state index in [9.17, 15) is 18.8 Å². The van der Waals surface area contributed by atoms with Crippen LogP contribution in [0.15, 0.2) is 22.7 Å². The van der Waals surface area contributed by atoms with E-state index in [0.29, 0.717) is 4.47 Å². The Labute approximate surface area is 127 Å². The van der Waals surface area contributed by atoms with Crippen molar-refractivity contribution in [3.63, 3.8) is 0 Å². The molecular formula is C12H12BrFN2O5. The molecule has 1 atom stereocenters. The van der Waals surface area contributed by atoms with Gasteiger partial charge in [0, 0.05) is 0 Å². The van der Waals surface area contributed by atoms with Gasteiger partial charge in [0.2, 0.25) is 5.91 Å². The number of rotatable bonds is 7. The van der Waals surface area contributed by atoms with Gasteiger partial charge in [0.1, 0.15) is 17.6 Å². The molecule has 0 radical (unpaired) electrons. The van der Waals surface area contributed by atoms with Crippen LogP contribution in [0.1, 0.15) is 6.42 Å². The fourth-order valence-corrected chi connectivity index (χ4v) is 1.84. The number of nitrogens with one attached hydrogen (secondary N) is 1. The number of amides is 2. The quantitative estimate of drug-likeness (QED) is 0.649. The molecule has 0 saturated heterocycles. The fourth-order valence-electron chi connectivity index (χ4n) is 1.37. The molecule has 2 amide bonds. The maximum atomic E-state index is 12.9. The molecule has 0 saturated carbocycles. The summed E-state index contributed by atoms with van der Waals surface area (Å²) < 4.78 is 18.3. The Morgan fingerprint density at radius 1 is 1.43 bits per heavy atom. The molecule has 0 unspecified atom stereocenters. The first kappa shape index (κ1) is 16.9. The summed E-state index contributed by atoms with van der Waals surface area (Å²) in [5.41, 5.74) is 4.88. The average Bonchev–Trinajstić information content (AvgIpc) is 2.36. The maximum Gasteiger partial charge on any atom is 0.326 e. The number of aliphatic carboxylic acids is 1. The lowest BCUT2D eigenvalue weighted by molar-refractivity contribution is -0.143. The summed E-state index contributed by atoms with van der Waals surface area (Å²) >= 11 is 3.05. The molecule has 0 spiro atoms. The first-order valence-corrected chi connectivity index (χ1v) is 6.47. The van der Waals surface area contributed by atoms with E-state index in [-0.39, 0.29) is 5.75 Å². The van der Waals surface area contributed by atoms with Crippen LogP contribution in [-0.4, -0.2) is 35.5 Å². The summed E-state index contributed by atoms with van der Waals surface area (Å²) in [6.45, 7) is -0.493. The molecule has 7 nitrogen and oxygen atoms in total. The minimum atomic E-state index is -1.42. The van der Waals surface area contributed by atoms with Crippen molar-refractivity contribution in [1.29, 1.82) is 0 Å². The highest BCUT2D eigenvalue weighted by molar-refractivity contribution is 9.10. The number of benzene rings is 1. The second-order valence-corrected chi connectivity index (χ2v) is 4.85. The van der Waals surface area contributed by atoms with Crippen LogP contribution in [0.2, 0.25) is 0 Å². The summed E-state index contributed by atoms with van der Waals surface area (Å²) in [6, 6.07) is 2.19. The van der Waals surface area contributed by atoms with Crippen LogP contribution in [0.4, 0.5) is 4.39 Å². The standard InChI is InChI=1S/C12H12BrFN2O5/c13-7-3-6(14)1-2-9(7)21-5-11(18)16-8(12(19)20)4-10(15)17/h1-3,8H,4-5H2,(H2,15,17)(H,16,18)(H,19,20)/t8-/m1/s1. The summed E-state index contributed by atoms with van der Waals surface area (Å²) in [5, 5.41) is 10.9. The number of ether oxygens (including phenoxy) is 1. The zero-order chi connectivity index (χ0) is 16.0. The van der Waals surface area contributed by atoms with Crippen molar-refractivity contribution in [2.75, 3.05) is 6.61 Å². The number of halogens is 2. The van der Waals surface area contributed by atoms with E-state index in [1.54, 1.807) is 0 Å². The molecule has 21 heavy (non-hydrogen) atoms. The van der Waals surface area contributed by atoms with Gasteiger partial charge < -0.3 is 20.9 Å². The van der Waals surface area contributed by atoms with Crippen LogP contribution >= 0.6 is 15.9 Å². The third-order valence-corrected chi connectivity index (χ3v) is 2.91. The third kappa shape index (κ3) is 5.78. The number of carbonyl (C=O) groups excluding carboxylic acids is 2. The first-order chi connectivity index (χ1) is 9.79. The van der Waals surface area contributed by atoms with E-state index < -0.39 is 42.7 Å². The Hall–Kier alpha value is -2.16. The molecule has 9 heteroatoms. The van der Waals surface area contributed by atoms with E-state index in [1.807, 2.05) is 0 Å². The molecule has 1 rings (SSSR count). The van der Waals surface area contributed by atoms with Gasteiger partial charge in [-0.05, 0) is 34.1 Å². The van der Waals surface area contributed by atoms with Crippen molar-refractivity contribution in [3.8, 4) is 5.75 Å². The number of carboxylic acid groups (broad SMARTS) is 1. The maximum absolute atomic E-state index is 12.9. The summed E-state index contributed by atoms with van der Waals surface area (Å²) in [7, 11) is 0. The van der Waals surface area contributed by atoms with E-state index in [0.717, 1.165) is 12.1 Å². The first-order valence-electron chi connectivity index (χ1n) is 5.68. The summed E-state index contributed by atoms with van der Waals surface area (Å²) in [4.78, 5) is 33.1. The van der Waals surface area contributed by atoms with Gasteiger partial charge in [0.05, 0.1) is 10.9 Å². The monoisotopic (exact) mass is 362 g/mol. The predicted octanol–water partition coefficient (Wildman–Crippen LogP) is 0.412. The third-order valence-electron chi connectivity index (χ3n) is 2.29. The number of hydrogen-bond acceptors (Lipinski definition) is 4. The molecule has 0 heterocycles. The lowest BCUT2D eigenvalue weighted by Crippen LogP contribution is -2.45. The van der Waals surface area contributed by atoms with Gasteiger partial charge in [0.25, 0.3) is 5.91 Å². The lowest BCUT2D eigenvalue weighted by Gasteiger charge is -2.13. The molecule has 0 aliphatic rings. The van der Waals surface area contributed by atoms with E-state index in [4.69, 9.17) is 15.6 Å². The van der Waals surface area contributed by atoms with Crippen LogP contribution in [0.5, 0.6) is 5.75 Å². The lowest BCUT2D eigenvalue weighted by atomic mass is 10.2. The number of carboxylic acids is 1. The molecule has 0 aliphatic carbocycles. The van der Waals surface area contributed by atoms with Gasteiger partial charge >= 0.3 is 5.97 Å². The smallest absolute Gasteiger partial charge is 0.326 e. The summed E-state index contributed by atoms with van der Waals surface area (Å²) in [6.07, 6.45) is -0.526. The molecule has 1 aromatic carbocycles. The Morgan fingerprint density at radius 2 is 2.10 bits per heavy atom. The normalized spacial score (nSPS) is 11.5. The van der Waals surface area contributed by atoms with Crippen LogP contribution in [0.25, 0.3) is 0 Å². The molecular weight excluding hydrogens is 351 g/mol. The highest BCUT2D eigenvalue weighted by atomic mass is 79.9. The number of nitrogens with two attached hydrogens (primary N) is 1. The SMILES string of the molecule is NC(=O)C[C@@H](NC(=O)COc1ccc(F)cc1Br)C(=O)O. The Bertz CT molecular complexity index is 567. The summed E-state index contributed by atoms with van der Waals surface area (Å²) in [5.74, 6) is -3.26. The minimum Gasteiger partial charge on any atom is -0.483 e. The van der Waals surface area contributed by atoms with Gasteiger partial charge in [-0.2, -0.15) is 0 Å². The molecule has 0 aliphatic heterocycles. The fraction of sp³-hybridized carbons (Fsp3) is 0.250. The van der Waals surface area contributed by atoms with Crippen molar-refractivity contribution in [2.24, 2.45) is 5.73 Å². The van der Waals surface area contributed by atoms with Crippen molar-refractivity contribution >= 4 is 33.7 Å². The van der Waals surface area contributed by atoms with Crippen molar-refractivity contribution in [2.45, 2.75) is 12.5 Å². The molecule has 0 aromatic heterocycles. The second kappa shape index (κ2) is 7.58. The van der Waals surface area contributed by atoms with Crippen LogP contribution in [0, 0.1) is 5.82 Å². The Morgan fingerprint density at radius 3 is 2.62 bits per heavy atom. The van der Waals surface area contributed by atoms with Crippen LogP contribution in [0.3, 0.4) is 0 Å². The molecule has 4 N–H and O–H groups in total. The minimum absolute atomic E-state index is 0.216. The highest BCUT2D eigenvalue weighted by Gasteiger charge is 2.22. The predicted molar refractivity (Wildman–Crippen MR) is 73.0 cm³/mol. The molecule has 0 fully saturated rings. The van der Waals surface area contributed by atoms with Crippen molar-refractivity contribution < 1.29 is 28.6 Å². The van der Waals surface area contributed by atoms with E-state index >= 15 is 0 Å². The van der Waals surface area contributed by atoms with Gasteiger partial charge in [-0.3, -0.25) is 9.59 Å². The molecule has 1 aromatic rings. The van der Waals surface area contributed by atoms with Crippen LogP contribution in [-0.2, 0) is 14.4 Å². The Kier molecular flexibility index (Phi) is 6.10. The topological polar surface area (TPSA) is 119 Å². The van der Waals surface area contributed by atoms with E-state index in [1.165, 1.54) is 6.07 Å². The second-order valence-electron chi connectivity index (χ2n) is 3.99. The zero-order valence-electron chi connectivity index (χ0n) is 10.6. The highest BCUT2D eigenvalue weighted by Crippen LogP contribution is 2.25. The Balaban J connectivity index is 2.56. The molecule has 114 valence electrons. The van der Waals surface area contributed by atoms with Crippen molar-refractivity contribution in [1.82, 2.24) is 5.32 Å². The largest absolute Gasteiger partial charge is 0.483 e. The number of carbonyl (C=O) groups is 3. The van der Waals surface area contributed by atoms with Gasteiger partial charge in [0.15, 0.2) is 6.61 Å². The van der Waals surface area contributed by atoms with Crippen molar-refractivity contribution in [3.05, 3.63) is 28.5 Å². The van der Waals surface area contributed by atoms with Gasteiger partial charge in [-0.1, -0.05) is 0 Å². The van der Waals surface area contributed by atoms with Gasteiger partial charge in [-0.15, -0.1) is 0 Å². The number of primary amides is 1. The van der Waals surface area contributed by atoms with E-state index in [2.05, 4.69) is 21.2 Å².